The van der Waals surface area contributed by atoms with Gasteiger partial charge in [-0.3, -0.25) is 0 Å². The number of rotatable bonds is 3. The Bertz CT molecular complexity index is 173. The van der Waals surface area contributed by atoms with Crippen molar-refractivity contribution in [3.63, 3.8) is 0 Å². The lowest BCUT2D eigenvalue weighted by Crippen LogP contribution is -2.44. The topological polar surface area (TPSA) is 18.5 Å². The minimum absolute atomic E-state index is 1.43. The van der Waals surface area contributed by atoms with Crippen LogP contribution in [0, 0.1) is 0 Å². The molecule has 0 radical (unpaired) electrons. The van der Waals surface area contributed by atoms with Crippen molar-refractivity contribution in [3.05, 3.63) is 0 Å². The second kappa shape index (κ2) is 3.25. The Balaban J connectivity index is 4.52. The van der Waals surface area contributed by atoms with Crippen molar-refractivity contribution in [2.24, 2.45) is 0 Å². The molecule has 0 spiro atoms. The van der Waals surface area contributed by atoms with Crippen LogP contribution in [0.25, 0.3) is 0 Å². The quantitative estimate of drug-likeness (QED) is 0.537. The maximum Gasteiger partial charge on any atom is 0.521 e. The predicted molar refractivity (Wildman–Crippen MR) is 19.2 cm³/mol. The Morgan fingerprint density at radius 1 is 0.769 bits per heavy atom. The highest BCUT2D eigenvalue weighted by molar-refractivity contribution is 4.64. The molecule has 0 aliphatic rings. The van der Waals surface area contributed by atoms with E-state index in [0.717, 1.165) is 0 Å². The van der Waals surface area contributed by atoms with Gasteiger partial charge in [-0.1, -0.05) is 4.94 Å². The van der Waals surface area contributed by atoms with E-state index in [1.165, 1.54) is 4.94 Å². The van der Waals surface area contributed by atoms with E-state index in [4.69, 9.17) is 0 Å². The molecule has 0 aromatic rings. The first-order chi connectivity index (χ1) is 5.52. The fourth-order valence-electron chi connectivity index (χ4n) is 0.223. The van der Waals surface area contributed by atoms with Gasteiger partial charge in [0.15, 0.2) is 0 Å². The van der Waals surface area contributed by atoms with Crippen LogP contribution in [-0.2, 0) is 9.68 Å². The third-order valence-corrected chi connectivity index (χ3v) is 0.667. The van der Waals surface area contributed by atoms with E-state index < -0.39 is 18.6 Å². The van der Waals surface area contributed by atoms with Gasteiger partial charge in [-0.05, 0) is 4.53 Å². The van der Waals surface area contributed by atoms with Gasteiger partial charge in [-0.25, -0.2) is 4.74 Å². The molecule has 0 fully saturated rings. The summed E-state index contributed by atoms with van der Waals surface area (Å²) >= 11 is 0. The zero-order valence-corrected chi connectivity index (χ0v) is 5.34. The van der Waals surface area contributed by atoms with E-state index in [2.05, 4.69) is 0 Å². The minimum Gasteiger partial charge on any atom is -0.220 e. The Morgan fingerprint density at radius 2 is 1.15 bits per heavy atom. The fraction of sp³-hybridized carbons (Fsp3) is 1.00. The first-order valence-electron chi connectivity index (χ1n) is 2.34. The zero-order valence-electron chi connectivity index (χ0n) is 5.34. The molecule has 0 N–H and O–H groups in total. The smallest absolute Gasteiger partial charge is 0.220 e. The van der Waals surface area contributed by atoms with Crippen LogP contribution in [0.2, 0.25) is 0 Å². The molecule has 0 aromatic carbocycles. The fourth-order valence-corrected chi connectivity index (χ4v) is 0.223. The zero-order chi connectivity index (χ0) is 10.9. The minimum atomic E-state index is -6.38. The molecule has 0 aliphatic carbocycles. The Hall–Kier alpha value is -0.640. The van der Waals surface area contributed by atoms with Crippen LogP contribution in [0.15, 0.2) is 0 Å². The van der Waals surface area contributed by atoms with Crippen molar-refractivity contribution in [1.29, 1.82) is 0 Å². The molecule has 0 amide bonds. The van der Waals surface area contributed by atoms with Crippen LogP contribution in [0.4, 0.5) is 35.3 Å². The van der Waals surface area contributed by atoms with Gasteiger partial charge < -0.3 is 0 Å². The number of hydrogen-bond acceptors (Lipinski definition) is 2. The molecule has 0 unspecified atom stereocenters. The summed E-state index contributed by atoms with van der Waals surface area (Å²) in [5.41, 5.74) is 0. The summed E-state index contributed by atoms with van der Waals surface area (Å²) in [6.45, 7) is 0. The molecular formula is C3F8O2. The highest BCUT2D eigenvalue weighted by atomic mass is 19.4. The average Bonchev–Trinajstić information content (AvgIpc) is 1.83. The lowest BCUT2D eigenvalue weighted by molar-refractivity contribution is -0.546. The first kappa shape index (κ1) is 12.4. The van der Waals surface area contributed by atoms with Crippen LogP contribution >= 0.6 is 0 Å². The number of ether oxygens (including phenoxy) is 1. The highest BCUT2D eigenvalue weighted by Crippen LogP contribution is 2.40. The van der Waals surface area contributed by atoms with Gasteiger partial charge in [0.1, 0.15) is 0 Å². The van der Waals surface area contributed by atoms with Gasteiger partial charge >= 0.3 is 18.6 Å². The van der Waals surface area contributed by atoms with Crippen LogP contribution in [-0.4, -0.2) is 18.6 Å². The molecule has 80 valence electrons. The standard InChI is InChI=1S/C3F8O2/c4-1(5,6)2(7,8)12-3(9,10)13-11. The third-order valence-electron chi connectivity index (χ3n) is 0.667. The van der Waals surface area contributed by atoms with Crippen molar-refractivity contribution in [2.45, 2.75) is 18.6 Å². The first-order valence-corrected chi connectivity index (χ1v) is 2.34. The molecule has 0 bridgehead atoms. The summed E-state index contributed by atoms with van der Waals surface area (Å²) in [6.07, 6.45) is -18.2. The monoisotopic (exact) mass is 220 g/mol. The van der Waals surface area contributed by atoms with Crippen LogP contribution in [0.5, 0.6) is 0 Å². The molecule has 0 atom stereocenters. The third kappa shape index (κ3) is 3.30. The Labute approximate surface area is 64.9 Å². The summed E-state index contributed by atoms with van der Waals surface area (Å²) < 4.78 is 91.5. The lowest BCUT2D eigenvalue weighted by atomic mass is 10.6. The SMILES string of the molecule is FOC(F)(F)OC(F)(F)C(F)(F)F. The van der Waals surface area contributed by atoms with Gasteiger partial charge in [0.05, 0.1) is 0 Å². The normalized spacial score (nSPS) is 14.8. The summed E-state index contributed by atoms with van der Waals surface area (Å²) in [4.78, 5) is 1.43. The van der Waals surface area contributed by atoms with E-state index in [-0.39, 0.29) is 0 Å². The van der Waals surface area contributed by atoms with E-state index in [9.17, 15) is 35.3 Å². The summed E-state index contributed by atoms with van der Waals surface area (Å²) in [6, 6.07) is 0. The van der Waals surface area contributed by atoms with Gasteiger partial charge in [0.25, 0.3) is 0 Å². The number of halogens is 8. The second-order valence-electron chi connectivity index (χ2n) is 1.66. The molecule has 0 rings (SSSR count). The van der Waals surface area contributed by atoms with Crippen LogP contribution < -0.4 is 0 Å². The van der Waals surface area contributed by atoms with E-state index in [1.807, 2.05) is 0 Å². The summed E-state index contributed by atoms with van der Waals surface area (Å²) in [7, 11) is 0. The molecule has 0 saturated carbocycles. The molecule has 0 aromatic heterocycles. The van der Waals surface area contributed by atoms with E-state index in [1.54, 1.807) is 4.74 Å². The maximum absolute atomic E-state index is 11.5. The highest BCUT2D eigenvalue weighted by Gasteiger charge is 2.64. The Morgan fingerprint density at radius 3 is 1.38 bits per heavy atom. The molecule has 0 saturated heterocycles. The van der Waals surface area contributed by atoms with Gasteiger partial charge in [0.2, 0.25) is 0 Å². The number of alkyl halides is 7. The van der Waals surface area contributed by atoms with Gasteiger partial charge in [-0.2, -0.15) is 22.0 Å². The summed E-state index contributed by atoms with van der Waals surface area (Å²) in [5, 5.41) is 0. The van der Waals surface area contributed by atoms with Crippen LogP contribution in [0.3, 0.4) is 0 Å². The van der Waals surface area contributed by atoms with E-state index >= 15 is 0 Å². The molecule has 10 heteroatoms. The molecule has 0 aliphatic heterocycles. The molecule has 2 nitrogen and oxygen atoms in total. The average molecular weight is 220 g/mol. The van der Waals surface area contributed by atoms with Crippen molar-refractivity contribution < 1.29 is 44.9 Å². The molecule has 13 heavy (non-hydrogen) atoms. The second-order valence-corrected chi connectivity index (χ2v) is 1.66. The van der Waals surface area contributed by atoms with E-state index in [0.29, 0.717) is 0 Å². The van der Waals surface area contributed by atoms with Crippen LogP contribution in [0.1, 0.15) is 0 Å². The van der Waals surface area contributed by atoms with Gasteiger partial charge in [0, 0.05) is 0 Å². The summed E-state index contributed by atoms with van der Waals surface area (Å²) in [5.74, 6) is 0. The predicted octanol–water partition coefficient (Wildman–Crippen LogP) is 2.61. The van der Waals surface area contributed by atoms with Crippen molar-refractivity contribution >= 4 is 0 Å². The van der Waals surface area contributed by atoms with Crippen molar-refractivity contribution in [2.75, 3.05) is 0 Å². The lowest BCUT2D eigenvalue weighted by Gasteiger charge is -2.21. The van der Waals surface area contributed by atoms with Crippen molar-refractivity contribution in [3.8, 4) is 0 Å². The number of hydrogen-bond donors (Lipinski definition) is 0. The molecular weight excluding hydrogens is 220 g/mol. The Kier molecular flexibility index (Phi) is 3.09. The maximum atomic E-state index is 11.5. The molecule has 0 heterocycles. The van der Waals surface area contributed by atoms with Gasteiger partial charge in [-0.15, -0.1) is 8.78 Å². The largest absolute Gasteiger partial charge is 0.521 e. The van der Waals surface area contributed by atoms with Crippen molar-refractivity contribution in [1.82, 2.24) is 0 Å².